The average molecular weight is 283 g/mol. The minimum Gasteiger partial charge on any atom is -0.334 e. The number of pyridine rings is 1. The van der Waals surface area contributed by atoms with Gasteiger partial charge in [-0.15, -0.1) is 0 Å². The van der Waals surface area contributed by atoms with E-state index >= 15 is 0 Å². The quantitative estimate of drug-likeness (QED) is 0.920. The van der Waals surface area contributed by atoms with Crippen molar-refractivity contribution < 1.29 is 4.79 Å². The van der Waals surface area contributed by atoms with Crippen molar-refractivity contribution in [2.45, 2.75) is 32.7 Å². The highest BCUT2D eigenvalue weighted by atomic mass is 16.2. The molecule has 21 heavy (non-hydrogen) atoms. The zero-order valence-electron chi connectivity index (χ0n) is 12.6. The molecule has 0 bridgehead atoms. The number of likely N-dealkylation sites (tertiary alicyclic amines) is 1. The molecule has 0 spiro atoms. The van der Waals surface area contributed by atoms with Gasteiger partial charge in [-0.25, -0.2) is 0 Å². The molecule has 1 aromatic carbocycles. The van der Waals surface area contributed by atoms with E-state index in [-0.39, 0.29) is 11.9 Å². The molecule has 1 aliphatic rings. The summed E-state index contributed by atoms with van der Waals surface area (Å²) in [6.07, 6.45) is 2.04. The van der Waals surface area contributed by atoms with Gasteiger partial charge in [0.25, 0.3) is 5.91 Å². The molecular weight excluding hydrogens is 262 g/mol. The van der Waals surface area contributed by atoms with E-state index in [1.54, 1.807) is 0 Å². The van der Waals surface area contributed by atoms with Gasteiger partial charge in [-0.05, 0) is 44.4 Å². The Bertz CT molecular complexity index is 696. The Morgan fingerprint density at radius 1 is 1.38 bits per heavy atom. The van der Waals surface area contributed by atoms with Crippen LogP contribution >= 0.6 is 0 Å². The fourth-order valence-corrected chi connectivity index (χ4v) is 3.09. The van der Waals surface area contributed by atoms with E-state index in [4.69, 9.17) is 5.73 Å². The van der Waals surface area contributed by atoms with Crippen molar-refractivity contribution in [3.63, 3.8) is 0 Å². The fourth-order valence-electron chi connectivity index (χ4n) is 3.09. The molecule has 0 radical (unpaired) electrons. The summed E-state index contributed by atoms with van der Waals surface area (Å²) in [7, 11) is 0. The molecule has 1 atom stereocenters. The zero-order valence-corrected chi connectivity index (χ0v) is 12.6. The van der Waals surface area contributed by atoms with Gasteiger partial charge >= 0.3 is 0 Å². The van der Waals surface area contributed by atoms with E-state index in [9.17, 15) is 4.79 Å². The van der Waals surface area contributed by atoms with Crippen LogP contribution in [0.15, 0.2) is 24.3 Å². The van der Waals surface area contributed by atoms with Crippen molar-refractivity contribution in [3.05, 3.63) is 41.1 Å². The first-order valence-corrected chi connectivity index (χ1v) is 7.49. The summed E-state index contributed by atoms with van der Waals surface area (Å²) in [6.45, 7) is 5.28. The SMILES string of the molecule is Cc1ccc2cc(C(=O)N3CCC[C@H]3CN)c(C)nc2c1. The molecule has 1 saturated heterocycles. The Kier molecular flexibility index (Phi) is 3.64. The summed E-state index contributed by atoms with van der Waals surface area (Å²) in [6, 6.07) is 8.26. The van der Waals surface area contributed by atoms with E-state index < -0.39 is 0 Å². The number of fused-ring (bicyclic) bond motifs is 1. The van der Waals surface area contributed by atoms with Gasteiger partial charge < -0.3 is 10.6 Å². The monoisotopic (exact) mass is 283 g/mol. The van der Waals surface area contributed by atoms with Crippen LogP contribution < -0.4 is 5.73 Å². The Balaban J connectivity index is 2.01. The maximum atomic E-state index is 12.8. The number of carbonyl (C=O) groups excluding carboxylic acids is 1. The van der Waals surface area contributed by atoms with Crippen molar-refractivity contribution >= 4 is 16.8 Å². The second-order valence-electron chi connectivity index (χ2n) is 5.85. The minimum atomic E-state index is 0.0652. The van der Waals surface area contributed by atoms with E-state index in [2.05, 4.69) is 11.1 Å². The number of carbonyl (C=O) groups is 1. The van der Waals surface area contributed by atoms with Crippen molar-refractivity contribution in [3.8, 4) is 0 Å². The van der Waals surface area contributed by atoms with E-state index in [0.29, 0.717) is 12.1 Å². The summed E-state index contributed by atoms with van der Waals surface area (Å²) in [5.41, 5.74) is 9.39. The Labute approximate surface area is 125 Å². The molecule has 4 nitrogen and oxygen atoms in total. The maximum Gasteiger partial charge on any atom is 0.256 e. The summed E-state index contributed by atoms with van der Waals surface area (Å²) in [5, 5.41) is 1.01. The molecule has 4 heteroatoms. The van der Waals surface area contributed by atoms with Gasteiger partial charge in [0.1, 0.15) is 0 Å². The first-order valence-electron chi connectivity index (χ1n) is 7.49. The van der Waals surface area contributed by atoms with Crippen LogP contribution in [0.1, 0.15) is 34.5 Å². The van der Waals surface area contributed by atoms with E-state index in [1.165, 1.54) is 5.56 Å². The lowest BCUT2D eigenvalue weighted by atomic mass is 10.1. The van der Waals surface area contributed by atoms with Gasteiger partial charge in [-0.3, -0.25) is 9.78 Å². The van der Waals surface area contributed by atoms with Crippen LogP contribution in [0.2, 0.25) is 0 Å². The molecule has 1 aliphatic heterocycles. The van der Waals surface area contributed by atoms with Gasteiger partial charge in [0.15, 0.2) is 0 Å². The molecule has 1 fully saturated rings. The number of hydrogen-bond acceptors (Lipinski definition) is 3. The average Bonchev–Trinajstić information content (AvgIpc) is 2.94. The second-order valence-corrected chi connectivity index (χ2v) is 5.85. The number of nitrogens with zero attached hydrogens (tertiary/aromatic N) is 2. The molecule has 0 saturated carbocycles. The number of rotatable bonds is 2. The van der Waals surface area contributed by atoms with Crippen molar-refractivity contribution in [2.24, 2.45) is 5.73 Å². The summed E-state index contributed by atoms with van der Waals surface area (Å²) < 4.78 is 0. The third kappa shape index (κ3) is 2.51. The first kappa shape index (κ1) is 14.0. The van der Waals surface area contributed by atoms with Crippen LogP contribution in [0.3, 0.4) is 0 Å². The predicted octanol–water partition coefficient (Wildman–Crippen LogP) is 2.41. The van der Waals surface area contributed by atoms with Crippen LogP contribution in [0.25, 0.3) is 10.9 Å². The number of aryl methyl sites for hydroxylation is 2. The summed E-state index contributed by atoms with van der Waals surface area (Å²) >= 11 is 0. The van der Waals surface area contributed by atoms with Crippen LogP contribution in [-0.4, -0.2) is 34.9 Å². The highest BCUT2D eigenvalue weighted by Gasteiger charge is 2.29. The molecule has 110 valence electrons. The third-order valence-electron chi connectivity index (χ3n) is 4.30. The van der Waals surface area contributed by atoms with Crippen LogP contribution in [0, 0.1) is 13.8 Å². The number of aromatic nitrogens is 1. The lowest BCUT2D eigenvalue weighted by molar-refractivity contribution is 0.0740. The number of hydrogen-bond donors (Lipinski definition) is 1. The minimum absolute atomic E-state index is 0.0652. The molecule has 0 aliphatic carbocycles. The second kappa shape index (κ2) is 5.45. The number of benzene rings is 1. The fraction of sp³-hybridized carbons (Fsp3) is 0.412. The molecule has 2 N–H and O–H groups in total. The van der Waals surface area contributed by atoms with Crippen molar-refractivity contribution in [1.29, 1.82) is 0 Å². The maximum absolute atomic E-state index is 12.8. The predicted molar refractivity (Wildman–Crippen MR) is 84.3 cm³/mol. The normalized spacial score (nSPS) is 18.4. The van der Waals surface area contributed by atoms with E-state index in [0.717, 1.165) is 36.0 Å². The first-order chi connectivity index (χ1) is 10.1. The van der Waals surface area contributed by atoms with Gasteiger partial charge in [0.05, 0.1) is 16.8 Å². The highest BCUT2D eigenvalue weighted by Crippen LogP contribution is 2.23. The van der Waals surface area contributed by atoms with Crippen LogP contribution in [-0.2, 0) is 0 Å². The van der Waals surface area contributed by atoms with Gasteiger partial charge in [0.2, 0.25) is 0 Å². The van der Waals surface area contributed by atoms with Crippen molar-refractivity contribution in [1.82, 2.24) is 9.88 Å². The molecule has 3 rings (SSSR count). The summed E-state index contributed by atoms with van der Waals surface area (Å²) in [4.78, 5) is 19.3. The standard InChI is InChI=1S/C17H21N3O/c1-11-5-6-13-9-15(12(2)19-16(13)8-11)17(21)20-7-3-4-14(20)10-18/h5-6,8-9,14H,3-4,7,10,18H2,1-2H3/t14-/m0/s1. The van der Waals surface area contributed by atoms with Gasteiger partial charge in [-0.1, -0.05) is 12.1 Å². The van der Waals surface area contributed by atoms with Crippen LogP contribution in [0.4, 0.5) is 0 Å². The lowest BCUT2D eigenvalue weighted by Crippen LogP contribution is -2.40. The molecule has 2 aromatic rings. The number of nitrogens with two attached hydrogens (primary N) is 1. The molecular formula is C17H21N3O. The van der Waals surface area contributed by atoms with E-state index in [1.807, 2.05) is 36.9 Å². The Morgan fingerprint density at radius 3 is 2.95 bits per heavy atom. The molecule has 2 heterocycles. The third-order valence-corrected chi connectivity index (χ3v) is 4.30. The molecule has 0 unspecified atom stereocenters. The number of amides is 1. The van der Waals surface area contributed by atoms with Crippen LogP contribution in [0.5, 0.6) is 0 Å². The Morgan fingerprint density at radius 2 is 2.19 bits per heavy atom. The van der Waals surface area contributed by atoms with Gasteiger partial charge in [-0.2, -0.15) is 0 Å². The van der Waals surface area contributed by atoms with Crippen molar-refractivity contribution in [2.75, 3.05) is 13.1 Å². The Hall–Kier alpha value is -1.94. The lowest BCUT2D eigenvalue weighted by Gasteiger charge is -2.24. The summed E-state index contributed by atoms with van der Waals surface area (Å²) in [5.74, 6) is 0.0652. The smallest absolute Gasteiger partial charge is 0.256 e. The molecule has 1 aromatic heterocycles. The van der Waals surface area contributed by atoms with Gasteiger partial charge in [0, 0.05) is 24.5 Å². The topological polar surface area (TPSA) is 59.2 Å². The largest absolute Gasteiger partial charge is 0.334 e. The highest BCUT2D eigenvalue weighted by molar-refractivity contribution is 5.99. The molecule has 1 amide bonds. The zero-order chi connectivity index (χ0) is 15.0.